The van der Waals surface area contributed by atoms with Gasteiger partial charge in [-0.15, -0.1) is 0 Å². The summed E-state index contributed by atoms with van der Waals surface area (Å²) in [5.74, 6) is 1.34. The first kappa shape index (κ1) is 17.6. The van der Waals surface area contributed by atoms with Crippen molar-refractivity contribution in [2.75, 3.05) is 32.8 Å². The predicted molar refractivity (Wildman–Crippen MR) is 90.3 cm³/mol. The molecule has 0 fully saturated rings. The van der Waals surface area contributed by atoms with Gasteiger partial charge >= 0.3 is 0 Å². The lowest BCUT2D eigenvalue weighted by atomic mass is 10.0. The van der Waals surface area contributed by atoms with Gasteiger partial charge in [0.25, 0.3) is 5.91 Å². The Labute approximate surface area is 139 Å². The summed E-state index contributed by atoms with van der Waals surface area (Å²) in [6, 6.07) is 5.85. The Morgan fingerprint density at radius 2 is 2.09 bits per heavy atom. The fraction of sp³-hybridized carbons (Fsp3) is 0.611. The predicted octanol–water partition coefficient (Wildman–Crippen LogP) is 0.820. The van der Waals surface area contributed by atoms with Crippen molar-refractivity contribution >= 4 is 5.91 Å². The molecule has 1 aromatic rings. The van der Waals surface area contributed by atoms with Gasteiger partial charge in [-0.25, -0.2) is 0 Å². The number of fused-ring (bicyclic) bond motifs is 1. The third-order valence-corrected chi connectivity index (χ3v) is 4.21. The highest BCUT2D eigenvalue weighted by Crippen LogP contribution is 2.41. The molecule has 1 aliphatic rings. The largest absolute Gasteiger partial charge is 0.483 e. The molecule has 0 aliphatic carbocycles. The van der Waals surface area contributed by atoms with E-state index in [-0.39, 0.29) is 18.1 Å². The molecule has 0 atom stereocenters. The molecule has 0 bridgehead atoms. The van der Waals surface area contributed by atoms with E-state index >= 15 is 0 Å². The summed E-state index contributed by atoms with van der Waals surface area (Å²) in [6.07, 6.45) is 0.860. The molecule has 0 aromatic heterocycles. The second kappa shape index (κ2) is 7.68. The highest BCUT2D eigenvalue weighted by Gasteiger charge is 2.32. The average Bonchev–Trinajstić information content (AvgIpc) is 2.84. The zero-order valence-electron chi connectivity index (χ0n) is 14.7. The van der Waals surface area contributed by atoms with Gasteiger partial charge in [0.2, 0.25) is 0 Å². The highest BCUT2D eigenvalue weighted by molar-refractivity contribution is 5.77. The first-order valence-electron chi connectivity index (χ1n) is 8.49. The summed E-state index contributed by atoms with van der Waals surface area (Å²) in [5.41, 5.74) is 0.925. The lowest BCUT2D eigenvalue weighted by Crippen LogP contribution is -3.12. The van der Waals surface area contributed by atoms with Gasteiger partial charge in [0.1, 0.15) is 5.60 Å². The third-order valence-electron chi connectivity index (χ3n) is 4.21. The minimum Gasteiger partial charge on any atom is -0.483 e. The van der Waals surface area contributed by atoms with E-state index in [1.165, 1.54) is 4.90 Å². The van der Waals surface area contributed by atoms with Gasteiger partial charge in [0, 0.05) is 12.0 Å². The molecule has 0 saturated carbocycles. The lowest BCUT2D eigenvalue weighted by Gasteiger charge is -2.18. The molecule has 0 spiro atoms. The van der Waals surface area contributed by atoms with Crippen LogP contribution in [0.5, 0.6) is 11.5 Å². The van der Waals surface area contributed by atoms with Crippen LogP contribution in [0.2, 0.25) is 0 Å². The highest BCUT2D eigenvalue weighted by atomic mass is 16.5. The smallest absolute Gasteiger partial charge is 0.258 e. The SMILES string of the molecule is CC[NH+](CC)CCNC(=O)COc1cccc2c1OC(C)(C)C2. The lowest BCUT2D eigenvalue weighted by molar-refractivity contribution is -0.895. The van der Waals surface area contributed by atoms with Gasteiger partial charge < -0.3 is 19.7 Å². The van der Waals surface area contributed by atoms with E-state index in [0.29, 0.717) is 12.3 Å². The minimum absolute atomic E-state index is 0.0217. The number of nitrogens with one attached hydrogen (secondary N) is 2. The molecule has 0 saturated heterocycles. The van der Waals surface area contributed by atoms with Gasteiger partial charge in [0.15, 0.2) is 18.1 Å². The number of para-hydroxylation sites is 1. The van der Waals surface area contributed by atoms with E-state index in [9.17, 15) is 4.79 Å². The molecular formula is C18H29N2O3+. The van der Waals surface area contributed by atoms with Crippen molar-refractivity contribution in [1.29, 1.82) is 0 Å². The van der Waals surface area contributed by atoms with Crippen LogP contribution in [0.1, 0.15) is 33.3 Å². The van der Waals surface area contributed by atoms with Gasteiger partial charge in [-0.2, -0.15) is 0 Å². The Hall–Kier alpha value is -1.75. The second-order valence-electron chi connectivity index (χ2n) is 6.63. The van der Waals surface area contributed by atoms with Crippen LogP contribution in [0.4, 0.5) is 0 Å². The van der Waals surface area contributed by atoms with E-state index in [0.717, 1.165) is 37.4 Å². The minimum atomic E-state index is -0.212. The fourth-order valence-corrected chi connectivity index (χ4v) is 2.88. The van der Waals surface area contributed by atoms with Crippen molar-refractivity contribution in [3.05, 3.63) is 23.8 Å². The second-order valence-corrected chi connectivity index (χ2v) is 6.63. The number of benzene rings is 1. The molecule has 1 aromatic carbocycles. The molecule has 128 valence electrons. The molecule has 23 heavy (non-hydrogen) atoms. The van der Waals surface area contributed by atoms with Crippen molar-refractivity contribution in [2.45, 2.75) is 39.7 Å². The van der Waals surface area contributed by atoms with Crippen LogP contribution in [-0.2, 0) is 11.2 Å². The maximum Gasteiger partial charge on any atom is 0.258 e. The van der Waals surface area contributed by atoms with Crippen LogP contribution in [0.25, 0.3) is 0 Å². The molecular weight excluding hydrogens is 292 g/mol. The van der Waals surface area contributed by atoms with Crippen molar-refractivity contribution in [2.24, 2.45) is 0 Å². The number of hydrogen-bond acceptors (Lipinski definition) is 3. The third kappa shape index (κ3) is 4.86. The standard InChI is InChI=1S/C18H28N2O3/c1-5-20(6-2)11-10-19-16(21)13-22-15-9-7-8-14-12-18(3,4)23-17(14)15/h7-9H,5-6,10-13H2,1-4H3,(H,19,21)/p+1. The van der Waals surface area contributed by atoms with Crippen LogP contribution >= 0.6 is 0 Å². The van der Waals surface area contributed by atoms with Gasteiger partial charge in [0.05, 0.1) is 26.2 Å². The molecule has 1 amide bonds. The Morgan fingerprint density at radius 3 is 2.78 bits per heavy atom. The summed E-state index contributed by atoms with van der Waals surface area (Å²) >= 11 is 0. The number of quaternary nitrogens is 1. The maximum absolute atomic E-state index is 11.9. The number of hydrogen-bond donors (Lipinski definition) is 2. The van der Waals surface area contributed by atoms with Crippen molar-refractivity contribution < 1.29 is 19.2 Å². The van der Waals surface area contributed by atoms with E-state index < -0.39 is 0 Å². The molecule has 1 aliphatic heterocycles. The van der Waals surface area contributed by atoms with Crippen molar-refractivity contribution in [3.63, 3.8) is 0 Å². The Kier molecular flexibility index (Phi) is 5.88. The number of ether oxygens (including phenoxy) is 2. The summed E-state index contributed by atoms with van der Waals surface area (Å²) in [5, 5.41) is 2.91. The fourth-order valence-electron chi connectivity index (χ4n) is 2.88. The van der Waals surface area contributed by atoms with Crippen LogP contribution in [0.3, 0.4) is 0 Å². The number of amides is 1. The summed E-state index contributed by atoms with van der Waals surface area (Å²) < 4.78 is 11.6. The average molecular weight is 321 g/mol. The number of carbonyl (C=O) groups is 1. The molecule has 0 unspecified atom stereocenters. The van der Waals surface area contributed by atoms with E-state index in [2.05, 4.69) is 33.0 Å². The Balaban J connectivity index is 1.81. The number of rotatable bonds is 8. The van der Waals surface area contributed by atoms with Crippen LogP contribution < -0.4 is 19.7 Å². The zero-order chi connectivity index (χ0) is 16.9. The van der Waals surface area contributed by atoms with E-state index in [1.54, 1.807) is 0 Å². The van der Waals surface area contributed by atoms with E-state index in [4.69, 9.17) is 9.47 Å². The summed E-state index contributed by atoms with van der Waals surface area (Å²) in [6.45, 7) is 12.2. The summed E-state index contributed by atoms with van der Waals surface area (Å²) in [7, 11) is 0. The van der Waals surface area contributed by atoms with E-state index in [1.807, 2.05) is 18.2 Å². The summed E-state index contributed by atoms with van der Waals surface area (Å²) in [4.78, 5) is 13.4. The normalized spacial score (nSPS) is 15.2. The quantitative estimate of drug-likeness (QED) is 0.745. The number of likely N-dealkylation sites (N-methyl/N-ethyl adjacent to an activating group) is 1. The topological polar surface area (TPSA) is 52.0 Å². The molecule has 2 rings (SSSR count). The van der Waals surface area contributed by atoms with Crippen LogP contribution in [-0.4, -0.2) is 44.3 Å². The van der Waals surface area contributed by atoms with Gasteiger partial charge in [-0.05, 0) is 33.8 Å². The molecule has 1 heterocycles. The molecule has 5 nitrogen and oxygen atoms in total. The zero-order valence-corrected chi connectivity index (χ0v) is 14.7. The first-order chi connectivity index (χ1) is 10.9. The van der Waals surface area contributed by atoms with Crippen molar-refractivity contribution in [3.8, 4) is 11.5 Å². The van der Waals surface area contributed by atoms with Crippen LogP contribution in [0.15, 0.2) is 18.2 Å². The van der Waals surface area contributed by atoms with Crippen LogP contribution in [0, 0.1) is 0 Å². The van der Waals surface area contributed by atoms with Crippen molar-refractivity contribution in [1.82, 2.24) is 5.32 Å². The molecule has 5 heteroatoms. The van der Waals surface area contributed by atoms with Gasteiger partial charge in [-0.3, -0.25) is 4.79 Å². The van der Waals surface area contributed by atoms with Gasteiger partial charge in [-0.1, -0.05) is 12.1 Å². The molecule has 0 radical (unpaired) electrons. The monoisotopic (exact) mass is 321 g/mol. The Bertz CT molecular complexity index is 539. The first-order valence-corrected chi connectivity index (χ1v) is 8.49. The Morgan fingerprint density at radius 1 is 1.35 bits per heavy atom. The maximum atomic E-state index is 11.9. The number of carbonyl (C=O) groups excluding carboxylic acids is 1. The molecule has 2 N–H and O–H groups in total.